The molecule has 0 aliphatic rings. The van der Waals surface area contributed by atoms with Gasteiger partial charge in [0, 0.05) is 24.2 Å². The van der Waals surface area contributed by atoms with Crippen LogP contribution in [0.4, 0.5) is 0 Å². The molecule has 9 heteroatoms. The van der Waals surface area contributed by atoms with E-state index in [0.717, 1.165) is 11.3 Å². The molecule has 0 bridgehead atoms. The fourth-order valence-electron chi connectivity index (χ4n) is 2.48. The summed E-state index contributed by atoms with van der Waals surface area (Å²) in [6.45, 7) is 4.20. The summed E-state index contributed by atoms with van der Waals surface area (Å²) in [6, 6.07) is 8.83. The molecule has 0 aliphatic carbocycles. The lowest BCUT2D eigenvalue weighted by molar-refractivity contribution is 0.0891. The molecule has 0 aliphatic heterocycles. The number of carbonyl (C=O) groups excluding carboxylic acids is 1. The highest BCUT2D eigenvalue weighted by atomic mass is 35.5. The highest BCUT2D eigenvalue weighted by molar-refractivity contribution is 6.32. The minimum Gasteiger partial charge on any atom is -0.344 e. The number of nitriles is 1. The Morgan fingerprint density at radius 3 is 2.93 bits per heavy atom. The van der Waals surface area contributed by atoms with Gasteiger partial charge in [-0.2, -0.15) is 15.3 Å². The molecule has 3 rings (SSSR count). The zero-order chi connectivity index (χ0) is 19.4. The summed E-state index contributed by atoms with van der Waals surface area (Å²) in [4.78, 5) is 16.1. The van der Waals surface area contributed by atoms with Gasteiger partial charge >= 0.3 is 11.8 Å². The molecule has 8 nitrogen and oxygen atoms in total. The van der Waals surface area contributed by atoms with Crippen molar-refractivity contribution in [3.63, 3.8) is 0 Å². The number of benzene rings is 1. The van der Waals surface area contributed by atoms with Crippen molar-refractivity contribution in [2.75, 3.05) is 0 Å². The van der Waals surface area contributed by atoms with E-state index in [1.165, 1.54) is 0 Å². The average molecular weight is 385 g/mol. The van der Waals surface area contributed by atoms with Gasteiger partial charge < -0.3 is 9.84 Å². The number of aryl methyl sites for hydroxylation is 1. The van der Waals surface area contributed by atoms with Crippen LogP contribution in [-0.2, 0) is 13.0 Å². The molecule has 2 aromatic heterocycles. The SMILES string of the molecule is CCc1noc(C(=O)NC(C)Cn2ccc(-c3ccc(C#N)c(Cl)c3)n2)n1. The molecule has 3 aromatic rings. The van der Waals surface area contributed by atoms with Crippen LogP contribution < -0.4 is 5.32 Å². The quantitative estimate of drug-likeness (QED) is 0.699. The highest BCUT2D eigenvalue weighted by Gasteiger charge is 2.17. The van der Waals surface area contributed by atoms with Crippen molar-refractivity contribution in [1.82, 2.24) is 25.2 Å². The summed E-state index contributed by atoms with van der Waals surface area (Å²) in [5.74, 6) is 0.0265. The van der Waals surface area contributed by atoms with Crippen molar-refractivity contribution < 1.29 is 9.32 Å². The second kappa shape index (κ2) is 8.01. The lowest BCUT2D eigenvalue weighted by Crippen LogP contribution is -2.36. The van der Waals surface area contributed by atoms with Gasteiger partial charge in [-0.25, -0.2) is 0 Å². The second-order valence-electron chi connectivity index (χ2n) is 5.97. The third-order valence-corrected chi connectivity index (χ3v) is 4.16. The summed E-state index contributed by atoms with van der Waals surface area (Å²) in [5.41, 5.74) is 1.96. The zero-order valence-corrected chi connectivity index (χ0v) is 15.6. The van der Waals surface area contributed by atoms with Crippen molar-refractivity contribution in [2.24, 2.45) is 0 Å². The Morgan fingerprint density at radius 1 is 1.44 bits per heavy atom. The van der Waals surface area contributed by atoms with Crippen molar-refractivity contribution in [2.45, 2.75) is 32.9 Å². The molecule has 0 saturated carbocycles. The maximum absolute atomic E-state index is 12.1. The summed E-state index contributed by atoms with van der Waals surface area (Å²) >= 11 is 6.07. The van der Waals surface area contributed by atoms with Gasteiger partial charge in [0.2, 0.25) is 0 Å². The molecule has 138 valence electrons. The minimum absolute atomic E-state index is 0.0490. The molecule has 0 saturated heterocycles. The van der Waals surface area contributed by atoms with E-state index in [1.807, 2.05) is 32.2 Å². The Morgan fingerprint density at radius 2 is 2.26 bits per heavy atom. The molecule has 1 amide bonds. The summed E-state index contributed by atoms with van der Waals surface area (Å²) < 4.78 is 6.65. The molecular weight excluding hydrogens is 368 g/mol. The molecule has 1 unspecified atom stereocenters. The largest absolute Gasteiger partial charge is 0.344 e. The number of nitrogens with zero attached hydrogens (tertiary/aromatic N) is 5. The molecule has 27 heavy (non-hydrogen) atoms. The first-order valence-corrected chi connectivity index (χ1v) is 8.75. The monoisotopic (exact) mass is 384 g/mol. The van der Waals surface area contributed by atoms with Crippen LogP contribution in [0.5, 0.6) is 0 Å². The predicted octanol–water partition coefficient (Wildman–Crippen LogP) is 2.84. The average Bonchev–Trinajstić information content (AvgIpc) is 3.30. The molecule has 0 radical (unpaired) electrons. The standard InChI is InChI=1S/C18H17ClN6O2/c1-3-16-22-18(27-24-16)17(26)21-11(2)10-25-7-6-15(23-25)12-4-5-13(9-20)14(19)8-12/h4-8,11H,3,10H2,1-2H3,(H,21,26). The fourth-order valence-corrected chi connectivity index (χ4v) is 2.71. The molecule has 1 aromatic carbocycles. The Balaban J connectivity index is 1.64. The normalized spacial score (nSPS) is 11.8. The Hall–Kier alpha value is -3.18. The van der Waals surface area contributed by atoms with Crippen LogP contribution in [0.15, 0.2) is 35.0 Å². The number of aromatic nitrogens is 4. The smallest absolute Gasteiger partial charge is 0.315 e. The first-order chi connectivity index (χ1) is 13.0. The lowest BCUT2D eigenvalue weighted by atomic mass is 10.1. The fraction of sp³-hybridized carbons (Fsp3) is 0.278. The van der Waals surface area contributed by atoms with E-state index in [2.05, 4.69) is 20.6 Å². The van der Waals surface area contributed by atoms with Crippen LogP contribution in [-0.4, -0.2) is 31.9 Å². The van der Waals surface area contributed by atoms with E-state index in [0.29, 0.717) is 29.4 Å². The molecule has 0 spiro atoms. The number of carbonyl (C=O) groups is 1. The molecule has 0 fully saturated rings. The van der Waals surface area contributed by atoms with Crippen molar-refractivity contribution in [1.29, 1.82) is 5.26 Å². The maximum atomic E-state index is 12.1. The third-order valence-electron chi connectivity index (χ3n) is 3.84. The topological polar surface area (TPSA) is 110 Å². The Bertz CT molecular complexity index is 1000. The van der Waals surface area contributed by atoms with Crippen LogP contribution in [0.3, 0.4) is 0 Å². The van der Waals surface area contributed by atoms with Crippen LogP contribution in [0.25, 0.3) is 11.3 Å². The molecular formula is C18H17ClN6O2. The molecule has 1 atom stereocenters. The number of rotatable bonds is 6. The highest BCUT2D eigenvalue weighted by Crippen LogP contribution is 2.24. The van der Waals surface area contributed by atoms with Gasteiger partial charge in [-0.3, -0.25) is 9.48 Å². The van der Waals surface area contributed by atoms with E-state index in [1.54, 1.807) is 22.9 Å². The maximum Gasteiger partial charge on any atom is 0.315 e. The van der Waals surface area contributed by atoms with Gasteiger partial charge in [0.05, 0.1) is 22.8 Å². The zero-order valence-electron chi connectivity index (χ0n) is 14.8. The van der Waals surface area contributed by atoms with Crippen LogP contribution >= 0.6 is 11.6 Å². The van der Waals surface area contributed by atoms with E-state index in [4.69, 9.17) is 21.4 Å². The Kier molecular flexibility index (Phi) is 5.52. The summed E-state index contributed by atoms with van der Waals surface area (Å²) in [7, 11) is 0. The van der Waals surface area contributed by atoms with Gasteiger partial charge in [-0.15, -0.1) is 0 Å². The van der Waals surface area contributed by atoms with Gasteiger partial charge in [-0.05, 0) is 25.1 Å². The van der Waals surface area contributed by atoms with E-state index in [9.17, 15) is 4.79 Å². The minimum atomic E-state index is -0.416. The summed E-state index contributed by atoms with van der Waals surface area (Å²) in [5, 5.41) is 20.3. The van der Waals surface area contributed by atoms with E-state index >= 15 is 0 Å². The molecule has 1 N–H and O–H groups in total. The lowest BCUT2D eigenvalue weighted by Gasteiger charge is -2.12. The van der Waals surface area contributed by atoms with Gasteiger partial charge in [0.1, 0.15) is 6.07 Å². The van der Waals surface area contributed by atoms with Gasteiger partial charge in [-0.1, -0.05) is 29.7 Å². The van der Waals surface area contributed by atoms with Gasteiger partial charge in [0.25, 0.3) is 0 Å². The number of nitrogens with one attached hydrogen (secondary N) is 1. The molecule has 2 heterocycles. The van der Waals surface area contributed by atoms with Crippen molar-refractivity contribution in [3.05, 3.63) is 52.8 Å². The predicted molar refractivity (Wildman–Crippen MR) is 98.0 cm³/mol. The first kappa shape index (κ1) is 18.6. The Labute approximate surface area is 160 Å². The summed E-state index contributed by atoms with van der Waals surface area (Å²) in [6.07, 6.45) is 2.41. The van der Waals surface area contributed by atoms with Crippen LogP contribution in [0.2, 0.25) is 5.02 Å². The van der Waals surface area contributed by atoms with E-state index < -0.39 is 5.91 Å². The number of hydrogen-bond donors (Lipinski definition) is 1. The van der Waals surface area contributed by atoms with Crippen molar-refractivity contribution in [3.8, 4) is 17.3 Å². The van der Waals surface area contributed by atoms with E-state index in [-0.39, 0.29) is 11.9 Å². The second-order valence-corrected chi connectivity index (χ2v) is 6.38. The van der Waals surface area contributed by atoms with Gasteiger partial charge in [0.15, 0.2) is 5.82 Å². The number of hydrogen-bond acceptors (Lipinski definition) is 6. The van der Waals surface area contributed by atoms with Crippen molar-refractivity contribution >= 4 is 17.5 Å². The number of halogens is 1. The first-order valence-electron chi connectivity index (χ1n) is 8.37. The third kappa shape index (κ3) is 4.33. The van der Waals surface area contributed by atoms with Crippen LogP contribution in [0, 0.1) is 11.3 Å². The number of amides is 1. The van der Waals surface area contributed by atoms with Crippen LogP contribution in [0.1, 0.15) is 35.9 Å².